The lowest BCUT2D eigenvalue weighted by atomic mass is 10.1. The number of rotatable bonds is 5. The number of benzene rings is 1. The van der Waals surface area contributed by atoms with Crippen molar-refractivity contribution in [2.45, 2.75) is 31.2 Å². The fraction of sp³-hybridized carbons (Fsp3) is 0.381. The molecular formula is C21H23N3O2S. The van der Waals surface area contributed by atoms with Crippen molar-refractivity contribution in [3.8, 4) is 0 Å². The van der Waals surface area contributed by atoms with Gasteiger partial charge in [-0.15, -0.1) is 11.8 Å². The number of nitrogens with zero attached hydrogens (tertiary/aromatic N) is 3. The Kier molecular flexibility index (Phi) is 5.27. The third-order valence-electron chi connectivity index (χ3n) is 5.07. The molecule has 1 aromatic heterocycles. The van der Waals surface area contributed by atoms with Gasteiger partial charge in [-0.05, 0) is 51.1 Å². The van der Waals surface area contributed by atoms with Crippen molar-refractivity contribution in [3.63, 3.8) is 0 Å². The van der Waals surface area contributed by atoms with Crippen LogP contribution in [-0.2, 0) is 0 Å². The highest BCUT2D eigenvalue weighted by atomic mass is 32.2. The maximum atomic E-state index is 13.0. The zero-order valence-electron chi connectivity index (χ0n) is 15.5. The summed E-state index contributed by atoms with van der Waals surface area (Å²) in [5, 5.41) is 0.679. The molecule has 4 rings (SSSR count). The molecule has 5 nitrogen and oxygen atoms in total. The number of hydrogen-bond donors (Lipinski definition) is 0. The SMILES string of the molecule is Cc1cc2c(c(SCCN3CCCCC3)n1)C(=O)N(c1ccccc1)C2=O. The molecule has 0 spiro atoms. The van der Waals surface area contributed by atoms with Crippen molar-refractivity contribution in [3.05, 3.63) is 53.2 Å². The minimum atomic E-state index is -0.269. The molecule has 1 fully saturated rings. The van der Waals surface area contributed by atoms with Gasteiger partial charge in [-0.1, -0.05) is 24.6 Å². The number of piperidine rings is 1. The van der Waals surface area contributed by atoms with E-state index in [0.29, 0.717) is 21.8 Å². The van der Waals surface area contributed by atoms with Crippen LogP contribution in [0.15, 0.2) is 41.4 Å². The second-order valence-corrected chi connectivity index (χ2v) is 8.11. The summed E-state index contributed by atoms with van der Waals surface area (Å²) in [6.45, 7) is 5.16. The molecule has 6 heteroatoms. The summed E-state index contributed by atoms with van der Waals surface area (Å²) in [6, 6.07) is 10.8. The summed E-state index contributed by atoms with van der Waals surface area (Å²) in [5.74, 6) is 0.342. The summed E-state index contributed by atoms with van der Waals surface area (Å²) < 4.78 is 0. The molecule has 27 heavy (non-hydrogen) atoms. The Bertz CT molecular complexity index is 863. The summed E-state index contributed by atoms with van der Waals surface area (Å²) >= 11 is 1.58. The van der Waals surface area contributed by atoms with Crippen molar-refractivity contribution in [1.82, 2.24) is 9.88 Å². The van der Waals surface area contributed by atoms with Gasteiger partial charge in [-0.2, -0.15) is 0 Å². The van der Waals surface area contributed by atoms with Gasteiger partial charge in [0.05, 0.1) is 16.8 Å². The normalized spacial score (nSPS) is 17.4. The molecule has 2 aliphatic rings. The molecule has 0 aliphatic carbocycles. The maximum Gasteiger partial charge on any atom is 0.268 e. The second-order valence-electron chi connectivity index (χ2n) is 7.02. The van der Waals surface area contributed by atoms with E-state index in [0.717, 1.165) is 31.1 Å². The number of imide groups is 1. The highest BCUT2D eigenvalue weighted by Gasteiger charge is 2.39. The molecule has 0 bridgehead atoms. The van der Waals surface area contributed by atoms with Crippen molar-refractivity contribution in [2.24, 2.45) is 0 Å². The predicted octanol–water partition coefficient (Wildman–Crippen LogP) is 3.77. The molecule has 140 valence electrons. The van der Waals surface area contributed by atoms with Gasteiger partial charge >= 0.3 is 0 Å². The lowest BCUT2D eigenvalue weighted by Crippen LogP contribution is -2.31. The number of hydrogen-bond acceptors (Lipinski definition) is 5. The molecule has 3 heterocycles. The minimum absolute atomic E-state index is 0.260. The Balaban J connectivity index is 1.56. The van der Waals surface area contributed by atoms with Gasteiger partial charge in [0, 0.05) is 18.0 Å². The lowest BCUT2D eigenvalue weighted by molar-refractivity contribution is 0.0925. The minimum Gasteiger partial charge on any atom is -0.303 e. The highest BCUT2D eigenvalue weighted by molar-refractivity contribution is 7.99. The molecule has 0 saturated carbocycles. The number of likely N-dealkylation sites (tertiary alicyclic amines) is 1. The molecule has 1 saturated heterocycles. The van der Waals surface area contributed by atoms with Gasteiger partial charge < -0.3 is 4.90 Å². The van der Waals surface area contributed by atoms with Crippen LogP contribution in [0.4, 0.5) is 5.69 Å². The van der Waals surface area contributed by atoms with E-state index in [1.54, 1.807) is 30.0 Å². The van der Waals surface area contributed by atoms with Crippen LogP contribution < -0.4 is 4.90 Å². The molecule has 2 amide bonds. The number of carbonyl (C=O) groups excluding carboxylic acids is 2. The third kappa shape index (κ3) is 3.64. The summed E-state index contributed by atoms with van der Waals surface area (Å²) in [5.41, 5.74) is 2.30. The standard InChI is InChI=1S/C21H23N3O2S/c1-15-14-17-18(19(22-15)27-13-12-23-10-6-3-7-11-23)21(26)24(20(17)25)16-8-4-2-5-9-16/h2,4-5,8-9,14H,3,6-7,10-13H2,1H3. The Labute approximate surface area is 163 Å². The molecule has 2 aliphatic heterocycles. The number of para-hydroxylation sites is 1. The number of aryl methyl sites for hydroxylation is 1. The van der Waals surface area contributed by atoms with Crippen LogP contribution >= 0.6 is 11.8 Å². The molecule has 0 atom stereocenters. The number of fused-ring (bicyclic) bond motifs is 1. The third-order valence-corrected chi connectivity index (χ3v) is 6.03. The number of anilines is 1. The van der Waals surface area contributed by atoms with Gasteiger partial charge in [-0.25, -0.2) is 9.88 Å². The van der Waals surface area contributed by atoms with Crippen LogP contribution in [-0.4, -0.2) is 47.1 Å². The van der Waals surface area contributed by atoms with Gasteiger partial charge in [-0.3, -0.25) is 9.59 Å². The molecule has 0 unspecified atom stereocenters. The Hall–Kier alpha value is -2.18. The van der Waals surface area contributed by atoms with Crippen LogP contribution in [0.5, 0.6) is 0 Å². The van der Waals surface area contributed by atoms with Gasteiger partial charge in [0.1, 0.15) is 5.03 Å². The van der Waals surface area contributed by atoms with Crippen LogP contribution in [0.25, 0.3) is 0 Å². The predicted molar refractivity (Wildman–Crippen MR) is 108 cm³/mol. The topological polar surface area (TPSA) is 53.5 Å². The van der Waals surface area contributed by atoms with Crippen molar-refractivity contribution < 1.29 is 9.59 Å². The average molecular weight is 382 g/mol. The molecular weight excluding hydrogens is 358 g/mol. The first-order valence-electron chi connectivity index (χ1n) is 9.46. The Morgan fingerprint density at radius 1 is 1.04 bits per heavy atom. The van der Waals surface area contributed by atoms with Crippen molar-refractivity contribution in [1.29, 1.82) is 0 Å². The fourth-order valence-electron chi connectivity index (χ4n) is 3.71. The van der Waals surface area contributed by atoms with E-state index >= 15 is 0 Å². The zero-order valence-corrected chi connectivity index (χ0v) is 16.3. The van der Waals surface area contributed by atoms with E-state index in [-0.39, 0.29) is 11.8 Å². The number of pyridine rings is 1. The maximum absolute atomic E-state index is 13.0. The Morgan fingerprint density at radius 2 is 1.78 bits per heavy atom. The average Bonchev–Trinajstić information content (AvgIpc) is 2.93. The van der Waals surface area contributed by atoms with E-state index in [4.69, 9.17) is 0 Å². The Morgan fingerprint density at radius 3 is 2.52 bits per heavy atom. The van der Waals surface area contributed by atoms with Crippen LogP contribution in [0.1, 0.15) is 45.7 Å². The number of aromatic nitrogens is 1. The van der Waals surface area contributed by atoms with E-state index < -0.39 is 0 Å². The lowest BCUT2D eigenvalue weighted by Gasteiger charge is -2.26. The second kappa shape index (κ2) is 7.82. The first-order valence-corrected chi connectivity index (χ1v) is 10.4. The van der Waals surface area contributed by atoms with Crippen LogP contribution in [0, 0.1) is 6.92 Å². The van der Waals surface area contributed by atoms with Crippen molar-refractivity contribution in [2.75, 3.05) is 30.3 Å². The van der Waals surface area contributed by atoms with Gasteiger partial charge in [0.15, 0.2) is 0 Å². The van der Waals surface area contributed by atoms with E-state index in [2.05, 4.69) is 9.88 Å². The number of carbonyl (C=O) groups is 2. The molecule has 0 radical (unpaired) electrons. The van der Waals surface area contributed by atoms with E-state index in [1.165, 1.54) is 24.2 Å². The van der Waals surface area contributed by atoms with E-state index in [9.17, 15) is 9.59 Å². The number of thioether (sulfide) groups is 1. The van der Waals surface area contributed by atoms with Crippen LogP contribution in [0.3, 0.4) is 0 Å². The summed E-state index contributed by atoms with van der Waals surface area (Å²) in [6.07, 6.45) is 3.85. The molecule has 0 N–H and O–H groups in total. The van der Waals surface area contributed by atoms with Gasteiger partial charge in [0.2, 0.25) is 0 Å². The van der Waals surface area contributed by atoms with E-state index in [1.807, 2.05) is 25.1 Å². The smallest absolute Gasteiger partial charge is 0.268 e. The largest absolute Gasteiger partial charge is 0.303 e. The summed E-state index contributed by atoms with van der Waals surface area (Å²) in [4.78, 5) is 34.3. The first-order chi connectivity index (χ1) is 13.1. The fourth-order valence-corrected chi connectivity index (χ4v) is 4.81. The first kappa shape index (κ1) is 18.2. The highest BCUT2D eigenvalue weighted by Crippen LogP contribution is 2.34. The number of amides is 2. The molecule has 2 aromatic rings. The van der Waals surface area contributed by atoms with Gasteiger partial charge in [0.25, 0.3) is 11.8 Å². The van der Waals surface area contributed by atoms with Crippen LogP contribution in [0.2, 0.25) is 0 Å². The summed E-state index contributed by atoms with van der Waals surface area (Å²) in [7, 11) is 0. The monoisotopic (exact) mass is 381 g/mol. The molecule has 1 aromatic carbocycles. The van der Waals surface area contributed by atoms with Crippen molar-refractivity contribution >= 4 is 29.3 Å². The zero-order chi connectivity index (χ0) is 18.8. The quantitative estimate of drug-likeness (QED) is 0.583.